The molecule has 0 aromatic heterocycles. The Morgan fingerprint density at radius 1 is 1.08 bits per heavy atom. The second-order valence-corrected chi connectivity index (χ2v) is 6.64. The number of unbranched alkanes of at least 4 members (excludes halogenated alkanes) is 4. The zero-order chi connectivity index (χ0) is 19.4. The van der Waals surface area contributed by atoms with Crippen LogP contribution < -0.4 is 11.2 Å². The second-order valence-electron chi connectivity index (χ2n) is 6.64. The van der Waals surface area contributed by atoms with Gasteiger partial charge in [-0.1, -0.05) is 62.9 Å². The molecule has 1 rings (SSSR count). The lowest BCUT2D eigenvalue weighted by atomic mass is 10.1. The third-order valence-corrected chi connectivity index (χ3v) is 4.11. The molecule has 0 spiro atoms. The molecule has 0 radical (unpaired) electrons. The van der Waals surface area contributed by atoms with Crippen molar-refractivity contribution in [2.75, 3.05) is 0 Å². The van der Waals surface area contributed by atoms with Crippen molar-refractivity contribution >= 4 is 17.6 Å². The lowest BCUT2D eigenvalue weighted by Crippen LogP contribution is -2.51. The van der Waals surface area contributed by atoms with E-state index in [0.29, 0.717) is 6.42 Å². The van der Waals surface area contributed by atoms with E-state index in [9.17, 15) is 14.4 Å². The van der Waals surface area contributed by atoms with Crippen LogP contribution in [0.3, 0.4) is 0 Å². The summed E-state index contributed by atoms with van der Waals surface area (Å²) in [5.74, 6) is 5.04. The molecule has 1 atom stereocenters. The van der Waals surface area contributed by atoms with Crippen molar-refractivity contribution in [2.24, 2.45) is 5.84 Å². The molecule has 0 bridgehead atoms. The summed E-state index contributed by atoms with van der Waals surface area (Å²) in [7, 11) is 0. The molecule has 6 nitrogen and oxygen atoms in total. The smallest absolute Gasteiger partial charge is 0.259 e. The third kappa shape index (κ3) is 8.76. The summed E-state index contributed by atoms with van der Waals surface area (Å²) in [6.07, 6.45) is 5.49. The molecular weight excluding hydrogens is 330 g/mol. The van der Waals surface area contributed by atoms with Crippen molar-refractivity contribution in [3.63, 3.8) is 0 Å². The van der Waals surface area contributed by atoms with Crippen molar-refractivity contribution in [1.29, 1.82) is 0 Å². The summed E-state index contributed by atoms with van der Waals surface area (Å²) in [6.45, 7) is 3.76. The molecule has 0 saturated carbocycles. The van der Waals surface area contributed by atoms with E-state index in [-0.39, 0.29) is 24.7 Å². The van der Waals surface area contributed by atoms with Crippen molar-refractivity contribution in [1.82, 2.24) is 10.3 Å². The first kappa shape index (κ1) is 21.8. The average Bonchev–Trinajstić information content (AvgIpc) is 2.60. The van der Waals surface area contributed by atoms with Gasteiger partial charge < -0.3 is 5.32 Å². The normalized spacial score (nSPS) is 11.7. The van der Waals surface area contributed by atoms with E-state index in [0.717, 1.165) is 42.7 Å². The average molecular weight is 361 g/mol. The number of hydrazine groups is 1. The highest BCUT2D eigenvalue weighted by Crippen LogP contribution is 2.07. The fourth-order valence-electron chi connectivity index (χ4n) is 2.70. The van der Waals surface area contributed by atoms with E-state index >= 15 is 0 Å². The minimum atomic E-state index is -0.913. The molecule has 1 aromatic carbocycles. The molecule has 3 N–H and O–H groups in total. The number of amides is 2. The van der Waals surface area contributed by atoms with Crippen LogP contribution >= 0.6 is 0 Å². The van der Waals surface area contributed by atoms with E-state index in [4.69, 9.17) is 5.84 Å². The van der Waals surface area contributed by atoms with Gasteiger partial charge in [-0.2, -0.15) is 0 Å². The van der Waals surface area contributed by atoms with E-state index in [2.05, 4.69) is 12.2 Å². The fraction of sp³-hybridized carbons (Fsp3) is 0.550. The maximum Gasteiger partial charge on any atom is 0.259 e. The van der Waals surface area contributed by atoms with Crippen molar-refractivity contribution in [3.8, 4) is 0 Å². The summed E-state index contributed by atoms with van der Waals surface area (Å²) in [6, 6.07) is 8.42. The zero-order valence-electron chi connectivity index (χ0n) is 15.9. The number of carbonyl (C=O) groups is 3. The third-order valence-electron chi connectivity index (χ3n) is 4.11. The van der Waals surface area contributed by atoms with E-state index in [1.165, 1.54) is 6.92 Å². The molecule has 0 aliphatic carbocycles. The van der Waals surface area contributed by atoms with E-state index in [1.54, 1.807) is 0 Å². The summed E-state index contributed by atoms with van der Waals surface area (Å²) < 4.78 is 0. The van der Waals surface area contributed by atoms with Crippen LogP contribution in [0.2, 0.25) is 0 Å². The van der Waals surface area contributed by atoms with Crippen LogP contribution in [0, 0.1) is 0 Å². The van der Waals surface area contributed by atoms with Gasteiger partial charge >= 0.3 is 0 Å². The monoisotopic (exact) mass is 361 g/mol. The van der Waals surface area contributed by atoms with Gasteiger partial charge in [-0.15, -0.1) is 0 Å². The van der Waals surface area contributed by atoms with Crippen LogP contribution in [-0.4, -0.2) is 28.6 Å². The summed E-state index contributed by atoms with van der Waals surface area (Å²) in [5, 5.41) is 3.73. The van der Waals surface area contributed by atoms with Gasteiger partial charge in [0.25, 0.3) is 5.91 Å². The molecule has 0 saturated heterocycles. The maximum absolute atomic E-state index is 12.6. The molecule has 6 heteroatoms. The molecule has 0 aliphatic rings. The van der Waals surface area contributed by atoms with Crippen molar-refractivity contribution in [3.05, 3.63) is 35.9 Å². The van der Waals surface area contributed by atoms with E-state index in [1.807, 2.05) is 30.3 Å². The van der Waals surface area contributed by atoms with Gasteiger partial charge in [-0.3, -0.25) is 19.4 Å². The van der Waals surface area contributed by atoms with Crippen LogP contribution in [0.4, 0.5) is 0 Å². The Hall–Kier alpha value is -2.21. The molecule has 0 unspecified atom stereocenters. The quantitative estimate of drug-likeness (QED) is 0.259. The number of hydrogen-bond acceptors (Lipinski definition) is 4. The van der Waals surface area contributed by atoms with Gasteiger partial charge in [0, 0.05) is 12.8 Å². The van der Waals surface area contributed by atoms with Gasteiger partial charge in [0.05, 0.1) is 6.54 Å². The molecule has 0 heterocycles. The highest BCUT2D eigenvalue weighted by Gasteiger charge is 2.25. The Bertz CT molecular complexity index is 575. The lowest BCUT2D eigenvalue weighted by molar-refractivity contribution is -0.138. The Morgan fingerprint density at radius 2 is 1.73 bits per heavy atom. The van der Waals surface area contributed by atoms with Crippen LogP contribution in [0.5, 0.6) is 0 Å². The van der Waals surface area contributed by atoms with Gasteiger partial charge in [-0.25, -0.2) is 5.84 Å². The van der Waals surface area contributed by atoms with Gasteiger partial charge in [0.2, 0.25) is 5.91 Å². The van der Waals surface area contributed by atoms with Crippen molar-refractivity contribution in [2.45, 2.75) is 71.4 Å². The zero-order valence-corrected chi connectivity index (χ0v) is 15.9. The van der Waals surface area contributed by atoms with Gasteiger partial charge in [-0.05, 0) is 18.9 Å². The Balaban J connectivity index is 2.56. The minimum absolute atomic E-state index is 0.0527. The number of nitrogens with two attached hydrogens (primary N) is 1. The first-order chi connectivity index (χ1) is 12.4. The molecule has 2 amide bonds. The number of benzene rings is 1. The second kappa shape index (κ2) is 12.2. The molecule has 26 heavy (non-hydrogen) atoms. The summed E-state index contributed by atoms with van der Waals surface area (Å²) in [4.78, 5) is 36.2. The Labute approximate surface area is 156 Å². The number of nitrogens with one attached hydrogen (secondary N) is 1. The van der Waals surface area contributed by atoms with Crippen molar-refractivity contribution < 1.29 is 14.4 Å². The largest absolute Gasteiger partial charge is 0.344 e. The van der Waals surface area contributed by atoms with Crippen LogP contribution in [0.1, 0.15) is 64.4 Å². The van der Waals surface area contributed by atoms with E-state index < -0.39 is 11.9 Å². The minimum Gasteiger partial charge on any atom is -0.344 e. The fourth-order valence-corrected chi connectivity index (χ4v) is 2.70. The summed E-state index contributed by atoms with van der Waals surface area (Å²) >= 11 is 0. The Morgan fingerprint density at radius 3 is 2.35 bits per heavy atom. The molecule has 0 aliphatic heterocycles. The van der Waals surface area contributed by atoms with Crippen LogP contribution in [0.25, 0.3) is 0 Å². The number of Topliss-reactive ketones (excluding diaryl/α,β-unsaturated/α-hetero) is 1. The molecule has 144 valence electrons. The molecule has 0 fully saturated rings. The highest BCUT2D eigenvalue weighted by atomic mass is 16.2. The topological polar surface area (TPSA) is 92.5 Å². The Kier molecular flexibility index (Phi) is 10.2. The van der Waals surface area contributed by atoms with Crippen LogP contribution in [-0.2, 0) is 20.9 Å². The standard InChI is InChI=1S/C20H31N3O3/c1-3-4-5-6-10-13-19(25)22-18(14-16(2)24)20(26)23(21)15-17-11-8-7-9-12-17/h7-9,11-12,18H,3-6,10,13-15,21H2,1-2H3,(H,22,25)/t18-/m1/s1. The highest BCUT2D eigenvalue weighted by molar-refractivity contribution is 5.91. The number of carbonyl (C=O) groups excluding carboxylic acids is 3. The maximum atomic E-state index is 12.6. The van der Waals surface area contributed by atoms with Crippen LogP contribution in [0.15, 0.2) is 30.3 Å². The van der Waals surface area contributed by atoms with Gasteiger partial charge in [0.15, 0.2) is 0 Å². The first-order valence-corrected chi connectivity index (χ1v) is 9.32. The number of hydrogen-bond donors (Lipinski definition) is 2. The summed E-state index contributed by atoms with van der Waals surface area (Å²) in [5.41, 5.74) is 0.882. The predicted octanol–water partition coefficient (Wildman–Crippen LogP) is 2.71. The first-order valence-electron chi connectivity index (χ1n) is 9.32. The predicted molar refractivity (Wildman–Crippen MR) is 102 cm³/mol. The number of ketones is 1. The SMILES string of the molecule is CCCCCCCC(=O)N[C@H](CC(C)=O)C(=O)N(N)Cc1ccccc1. The molecule has 1 aromatic rings. The molecular formula is C20H31N3O3. The van der Waals surface area contributed by atoms with Gasteiger partial charge in [0.1, 0.15) is 11.8 Å². The number of nitrogens with zero attached hydrogens (tertiary/aromatic N) is 1. The number of rotatable bonds is 12. The lowest BCUT2D eigenvalue weighted by Gasteiger charge is -2.23.